The van der Waals surface area contributed by atoms with Crippen LogP contribution >= 0.6 is 0 Å². The van der Waals surface area contributed by atoms with E-state index in [2.05, 4.69) is 36.4 Å². The predicted octanol–water partition coefficient (Wildman–Crippen LogP) is 3.10. The highest BCUT2D eigenvalue weighted by Crippen LogP contribution is 2.65. The van der Waals surface area contributed by atoms with Gasteiger partial charge in [-0.05, 0) is 69.1 Å². The third-order valence-corrected chi connectivity index (χ3v) is 9.63. The second kappa shape index (κ2) is 12.1. The second-order valence-electron chi connectivity index (χ2n) is 14.0. The van der Waals surface area contributed by atoms with Gasteiger partial charge in [0.05, 0.1) is 6.04 Å². The van der Waals surface area contributed by atoms with E-state index in [4.69, 9.17) is 4.74 Å². The molecule has 41 heavy (non-hydrogen) atoms. The zero-order valence-corrected chi connectivity index (χ0v) is 25.3. The summed E-state index contributed by atoms with van der Waals surface area (Å²) in [5.74, 6) is -1.80. The number of hydrogen-bond donors (Lipinski definition) is 3. The normalized spacial score (nSPS) is 26.7. The Balaban J connectivity index is 1.54. The molecule has 4 unspecified atom stereocenters. The number of rotatable bonds is 11. The van der Waals surface area contributed by atoms with Crippen LogP contribution in [0.15, 0.2) is 12.7 Å². The first kappa shape index (κ1) is 31.0. The van der Waals surface area contributed by atoms with Gasteiger partial charge in [-0.1, -0.05) is 52.0 Å². The Morgan fingerprint density at radius 3 is 2.24 bits per heavy atom. The smallest absolute Gasteiger partial charge is 0.408 e. The van der Waals surface area contributed by atoms with Crippen LogP contribution in [-0.4, -0.2) is 71.3 Å². The van der Waals surface area contributed by atoms with E-state index in [-0.39, 0.29) is 41.5 Å². The summed E-state index contributed by atoms with van der Waals surface area (Å²) >= 11 is 0. The molecule has 4 rings (SSSR count). The lowest BCUT2D eigenvalue weighted by atomic mass is 9.80. The molecule has 10 nitrogen and oxygen atoms in total. The second-order valence-corrected chi connectivity index (χ2v) is 14.0. The molecule has 3 saturated carbocycles. The zero-order chi connectivity index (χ0) is 30.1. The summed E-state index contributed by atoms with van der Waals surface area (Å²) in [5.41, 5.74) is -0.843. The number of fused-ring (bicyclic) bond motifs is 1. The third-order valence-electron chi connectivity index (χ3n) is 9.63. The Labute approximate surface area is 243 Å². The number of carbonyl (C=O) groups excluding carboxylic acids is 5. The number of alkyl carbamates (subject to hydrolysis) is 1. The first-order chi connectivity index (χ1) is 19.2. The van der Waals surface area contributed by atoms with Crippen LogP contribution in [-0.2, 0) is 23.9 Å². The van der Waals surface area contributed by atoms with Crippen LogP contribution in [0.3, 0.4) is 0 Å². The number of Topliss-reactive ketones (excluding diaryl/α,β-unsaturated/α-hetero) is 1. The maximum atomic E-state index is 14.1. The number of hydrogen-bond acceptors (Lipinski definition) is 6. The van der Waals surface area contributed by atoms with E-state index in [1.807, 2.05) is 0 Å². The standard InChI is InChI=1S/C31H48N4O6/c1-7-15-32-27(38)25(36)21(16-18-11-10-12-18)33-26(37)24-22-20(31(22,5)6)17-35(24)28(39)23(19-13-8-9-14-19)34-29(40)41-30(2,3)4/h7,18-24H,1,8-17H2,2-6H3,(H,32,38)(H,33,37)(H,34,40)/t20?,21?,22?,23-,24?/m0/s1. The predicted molar refractivity (Wildman–Crippen MR) is 153 cm³/mol. The molecule has 0 spiro atoms. The molecule has 3 aliphatic carbocycles. The molecule has 228 valence electrons. The van der Waals surface area contributed by atoms with Crippen molar-refractivity contribution >= 4 is 29.6 Å². The number of piperidine rings is 1. The van der Waals surface area contributed by atoms with Crippen LogP contribution < -0.4 is 16.0 Å². The zero-order valence-electron chi connectivity index (χ0n) is 25.3. The monoisotopic (exact) mass is 572 g/mol. The number of likely N-dealkylation sites (tertiary alicyclic amines) is 1. The summed E-state index contributed by atoms with van der Waals surface area (Å²) in [7, 11) is 0. The van der Waals surface area contributed by atoms with Crippen LogP contribution in [0.2, 0.25) is 0 Å². The van der Waals surface area contributed by atoms with Crippen LogP contribution in [0.5, 0.6) is 0 Å². The summed E-state index contributed by atoms with van der Waals surface area (Å²) in [4.78, 5) is 68.1. The van der Waals surface area contributed by atoms with Crippen LogP contribution in [0.1, 0.15) is 86.0 Å². The van der Waals surface area contributed by atoms with Gasteiger partial charge < -0.3 is 25.6 Å². The molecule has 1 heterocycles. The quantitative estimate of drug-likeness (QED) is 0.257. The van der Waals surface area contributed by atoms with E-state index in [1.54, 1.807) is 25.7 Å². The van der Waals surface area contributed by atoms with Gasteiger partial charge in [-0.2, -0.15) is 0 Å². The van der Waals surface area contributed by atoms with Crippen molar-refractivity contribution in [3.63, 3.8) is 0 Å². The van der Waals surface area contributed by atoms with Gasteiger partial charge in [-0.15, -0.1) is 6.58 Å². The Kier molecular flexibility index (Phi) is 9.19. The molecule has 4 aliphatic rings. The van der Waals surface area contributed by atoms with Crippen molar-refractivity contribution in [2.24, 2.45) is 29.1 Å². The van der Waals surface area contributed by atoms with Crippen molar-refractivity contribution in [3.05, 3.63) is 12.7 Å². The fourth-order valence-corrected chi connectivity index (χ4v) is 7.06. The van der Waals surface area contributed by atoms with Crippen LogP contribution in [0.4, 0.5) is 4.79 Å². The SMILES string of the molecule is C=CCNC(=O)C(=O)C(CC1CCC1)NC(=O)C1C2C(CN1C(=O)[C@@H](NC(=O)OC(C)(C)C)C1CCCC1)C2(C)C. The summed E-state index contributed by atoms with van der Waals surface area (Å²) in [6.07, 6.45) is 7.81. The topological polar surface area (TPSA) is 134 Å². The lowest BCUT2D eigenvalue weighted by molar-refractivity contribution is -0.145. The van der Waals surface area contributed by atoms with Crippen molar-refractivity contribution in [3.8, 4) is 0 Å². The minimum absolute atomic E-state index is 0.0369. The molecule has 0 aromatic carbocycles. The van der Waals surface area contributed by atoms with Gasteiger partial charge >= 0.3 is 6.09 Å². The molecule has 0 bridgehead atoms. The van der Waals surface area contributed by atoms with Crippen molar-refractivity contribution in [2.75, 3.05) is 13.1 Å². The highest BCUT2D eigenvalue weighted by atomic mass is 16.6. The van der Waals surface area contributed by atoms with Crippen molar-refractivity contribution in [1.82, 2.24) is 20.9 Å². The summed E-state index contributed by atoms with van der Waals surface area (Å²) in [5, 5.41) is 8.26. The maximum Gasteiger partial charge on any atom is 0.408 e. The molecule has 0 aromatic heterocycles. The van der Waals surface area contributed by atoms with Gasteiger partial charge in [0.25, 0.3) is 5.91 Å². The minimum Gasteiger partial charge on any atom is -0.444 e. The molecule has 1 saturated heterocycles. The molecule has 4 amide bonds. The summed E-state index contributed by atoms with van der Waals surface area (Å²) in [6, 6.07) is -2.53. The Morgan fingerprint density at radius 2 is 1.68 bits per heavy atom. The molecule has 0 aromatic rings. The van der Waals surface area contributed by atoms with E-state index in [0.29, 0.717) is 13.0 Å². The van der Waals surface area contributed by atoms with Crippen molar-refractivity contribution in [2.45, 2.75) is 110 Å². The first-order valence-electron chi connectivity index (χ1n) is 15.3. The maximum absolute atomic E-state index is 14.1. The van der Waals surface area contributed by atoms with Crippen LogP contribution in [0.25, 0.3) is 0 Å². The highest BCUT2D eigenvalue weighted by Gasteiger charge is 2.69. The highest BCUT2D eigenvalue weighted by molar-refractivity contribution is 6.38. The van der Waals surface area contributed by atoms with E-state index in [0.717, 1.165) is 44.9 Å². The van der Waals surface area contributed by atoms with E-state index < -0.39 is 47.4 Å². The summed E-state index contributed by atoms with van der Waals surface area (Å²) in [6.45, 7) is 13.6. The molecular weight excluding hydrogens is 524 g/mol. The minimum atomic E-state index is -0.957. The van der Waals surface area contributed by atoms with E-state index in [9.17, 15) is 24.0 Å². The lowest BCUT2D eigenvalue weighted by Gasteiger charge is -2.36. The Hall–Kier alpha value is -2.91. The fraction of sp³-hybridized carbons (Fsp3) is 0.774. The number of ketones is 1. The van der Waals surface area contributed by atoms with Crippen molar-refractivity contribution in [1.29, 1.82) is 0 Å². The Morgan fingerprint density at radius 1 is 1.02 bits per heavy atom. The largest absolute Gasteiger partial charge is 0.444 e. The summed E-state index contributed by atoms with van der Waals surface area (Å²) < 4.78 is 5.48. The average molecular weight is 573 g/mol. The number of ether oxygens (including phenoxy) is 1. The van der Waals surface area contributed by atoms with Gasteiger partial charge in [0.2, 0.25) is 17.6 Å². The van der Waals surface area contributed by atoms with Crippen LogP contribution in [0, 0.1) is 29.1 Å². The molecular formula is C31H48N4O6. The average Bonchev–Trinajstić information content (AvgIpc) is 3.32. The number of nitrogens with one attached hydrogen (secondary N) is 3. The van der Waals surface area contributed by atoms with E-state index >= 15 is 0 Å². The number of nitrogens with zero attached hydrogens (tertiary/aromatic N) is 1. The van der Waals surface area contributed by atoms with Gasteiger partial charge in [0, 0.05) is 13.1 Å². The molecule has 10 heteroatoms. The molecule has 1 aliphatic heterocycles. The molecule has 3 N–H and O–H groups in total. The van der Waals surface area contributed by atoms with Gasteiger partial charge in [-0.25, -0.2) is 4.79 Å². The fourth-order valence-electron chi connectivity index (χ4n) is 7.06. The number of carbonyl (C=O) groups is 5. The van der Waals surface area contributed by atoms with Gasteiger partial charge in [-0.3, -0.25) is 19.2 Å². The molecule has 4 fully saturated rings. The van der Waals surface area contributed by atoms with E-state index in [1.165, 1.54) is 6.08 Å². The van der Waals surface area contributed by atoms with Crippen molar-refractivity contribution < 1.29 is 28.7 Å². The van der Waals surface area contributed by atoms with Gasteiger partial charge in [0.15, 0.2) is 0 Å². The third kappa shape index (κ3) is 6.95. The number of amides is 4. The lowest BCUT2D eigenvalue weighted by Crippen LogP contribution is -2.59. The first-order valence-corrected chi connectivity index (χ1v) is 15.3. The molecule has 5 atom stereocenters. The molecule has 0 radical (unpaired) electrons. The van der Waals surface area contributed by atoms with Gasteiger partial charge in [0.1, 0.15) is 17.7 Å². The Bertz CT molecular complexity index is 1060.